The van der Waals surface area contributed by atoms with Crippen LogP contribution in [0.15, 0.2) is 30.5 Å². The van der Waals surface area contributed by atoms with Crippen LogP contribution in [0.5, 0.6) is 0 Å². The lowest BCUT2D eigenvalue weighted by molar-refractivity contribution is -0.384. The third-order valence-corrected chi connectivity index (χ3v) is 4.41. The van der Waals surface area contributed by atoms with E-state index >= 15 is 0 Å². The molecule has 7 heteroatoms. The highest BCUT2D eigenvalue weighted by atomic mass is 16.6. The lowest BCUT2D eigenvalue weighted by Gasteiger charge is -2.26. The lowest BCUT2D eigenvalue weighted by atomic mass is 10.0. The van der Waals surface area contributed by atoms with Gasteiger partial charge in [0.15, 0.2) is 0 Å². The first-order valence-electron chi connectivity index (χ1n) is 8.03. The minimum absolute atomic E-state index is 0.0569. The molecule has 0 radical (unpaired) electrons. The minimum Gasteiger partial charge on any atom is -0.361 e. The molecule has 2 aromatic rings. The number of nitro groups is 1. The van der Waals surface area contributed by atoms with E-state index < -0.39 is 4.92 Å². The van der Waals surface area contributed by atoms with Crippen LogP contribution < -0.4 is 10.2 Å². The van der Waals surface area contributed by atoms with Crippen LogP contribution in [0.3, 0.4) is 0 Å². The molecule has 1 aromatic heterocycles. The molecule has 1 aliphatic carbocycles. The topological polar surface area (TPSA) is 84.2 Å². The first-order valence-corrected chi connectivity index (χ1v) is 8.03. The maximum Gasteiger partial charge on any atom is 0.329 e. The number of hydrogen-bond acceptors (Lipinski definition) is 6. The van der Waals surface area contributed by atoms with Gasteiger partial charge < -0.3 is 10.2 Å². The van der Waals surface area contributed by atoms with E-state index in [-0.39, 0.29) is 17.8 Å². The van der Waals surface area contributed by atoms with Gasteiger partial charge in [0, 0.05) is 13.1 Å². The third kappa shape index (κ3) is 3.29. The fraction of sp³-hybridized carbons (Fsp3) is 0.412. The van der Waals surface area contributed by atoms with Gasteiger partial charge in [-0.1, -0.05) is 24.3 Å². The molecule has 24 heavy (non-hydrogen) atoms. The summed E-state index contributed by atoms with van der Waals surface area (Å²) in [5.41, 5.74) is 2.29. The van der Waals surface area contributed by atoms with Gasteiger partial charge in [-0.15, -0.1) is 0 Å². The molecule has 0 spiro atoms. The Morgan fingerprint density at radius 1 is 1.38 bits per heavy atom. The number of benzene rings is 1. The van der Waals surface area contributed by atoms with Gasteiger partial charge in [-0.2, -0.15) is 4.98 Å². The summed E-state index contributed by atoms with van der Waals surface area (Å²) in [6.07, 6.45) is 3.33. The molecular weight excluding hydrogens is 306 g/mol. The zero-order valence-electron chi connectivity index (χ0n) is 14.1. The van der Waals surface area contributed by atoms with E-state index in [1.54, 1.807) is 0 Å². The number of rotatable bonds is 6. The van der Waals surface area contributed by atoms with Gasteiger partial charge in [0.1, 0.15) is 6.20 Å². The Hall–Kier alpha value is -2.70. The van der Waals surface area contributed by atoms with Crippen LogP contribution in [0.4, 0.5) is 17.5 Å². The second-order valence-corrected chi connectivity index (χ2v) is 6.22. The van der Waals surface area contributed by atoms with Crippen molar-refractivity contribution in [2.45, 2.75) is 38.8 Å². The molecule has 1 aliphatic rings. The molecule has 3 rings (SSSR count). The zero-order valence-corrected chi connectivity index (χ0v) is 14.1. The summed E-state index contributed by atoms with van der Waals surface area (Å²) in [5.74, 6) is 0.774. The fourth-order valence-corrected chi connectivity index (χ4v) is 2.63. The first-order chi connectivity index (χ1) is 11.5. The molecule has 0 saturated heterocycles. The summed E-state index contributed by atoms with van der Waals surface area (Å²) in [5, 5.41) is 14.3. The summed E-state index contributed by atoms with van der Waals surface area (Å²) in [4.78, 5) is 21.3. The van der Waals surface area contributed by atoms with Crippen molar-refractivity contribution in [3.63, 3.8) is 0 Å². The van der Waals surface area contributed by atoms with Crippen LogP contribution in [0.2, 0.25) is 0 Å². The molecule has 0 aliphatic heterocycles. The smallest absolute Gasteiger partial charge is 0.329 e. The Labute approximate surface area is 140 Å². The van der Waals surface area contributed by atoms with Gasteiger partial charge in [0.25, 0.3) is 0 Å². The average molecular weight is 327 g/mol. The quantitative estimate of drug-likeness (QED) is 0.646. The number of aromatic nitrogens is 2. The molecule has 1 N–H and O–H groups in total. The Morgan fingerprint density at radius 3 is 2.71 bits per heavy atom. The number of hydrogen-bond donors (Lipinski definition) is 1. The van der Waals surface area contributed by atoms with Gasteiger partial charge in [-0.3, -0.25) is 10.1 Å². The molecule has 1 unspecified atom stereocenters. The Balaban J connectivity index is 1.90. The number of aryl methyl sites for hydroxylation is 1. The predicted molar refractivity (Wildman–Crippen MR) is 93.3 cm³/mol. The van der Waals surface area contributed by atoms with E-state index in [0.717, 1.165) is 12.8 Å². The highest BCUT2D eigenvalue weighted by Gasteiger charge is 2.27. The second-order valence-electron chi connectivity index (χ2n) is 6.22. The van der Waals surface area contributed by atoms with Crippen LogP contribution in [-0.2, 0) is 0 Å². The molecule has 126 valence electrons. The van der Waals surface area contributed by atoms with Crippen molar-refractivity contribution < 1.29 is 4.92 Å². The third-order valence-electron chi connectivity index (χ3n) is 4.41. The van der Waals surface area contributed by atoms with Gasteiger partial charge in [-0.05, 0) is 37.8 Å². The summed E-state index contributed by atoms with van der Waals surface area (Å²) in [6.45, 7) is 4.14. The van der Waals surface area contributed by atoms with Crippen molar-refractivity contribution in [1.82, 2.24) is 9.97 Å². The van der Waals surface area contributed by atoms with Crippen molar-refractivity contribution in [3.8, 4) is 0 Å². The van der Waals surface area contributed by atoms with Gasteiger partial charge in [-0.25, -0.2) is 4.98 Å². The zero-order chi connectivity index (χ0) is 17.3. The van der Waals surface area contributed by atoms with E-state index in [9.17, 15) is 10.1 Å². The highest BCUT2D eigenvalue weighted by molar-refractivity contribution is 5.58. The van der Waals surface area contributed by atoms with Crippen molar-refractivity contribution in [2.75, 3.05) is 17.3 Å². The molecule has 1 atom stereocenters. The number of nitrogens with one attached hydrogen (secondary N) is 1. The highest BCUT2D eigenvalue weighted by Crippen LogP contribution is 2.31. The van der Waals surface area contributed by atoms with Crippen LogP contribution >= 0.6 is 0 Å². The van der Waals surface area contributed by atoms with Crippen LogP contribution in [0, 0.1) is 17.0 Å². The summed E-state index contributed by atoms with van der Waals surface area (Å²) >= 11 is 0. The summed E-state index contributed by atoms with van der Waals surface area (Å²) < 4.78 is 0. The fourth-order valence-electron chi connectivity index (χ4n) is 2.63. The summed E-state index contributed by atoms with van der Waals surface area (Å²) in [7, 11) is 1.90. The second kappa shape index (κ2) is 6.43. The van der Waals surface area contributed by atoms with Gasteiger partial charge >= 0.3 is 5.69 Å². The van der Waals surface area contributed by atoms with E-state index in [0.29, 0.717) is 11.8 Å². The van der Waals surface area contributed by atoms with Crippen molar-refractivity contribution in [1.29, 1.82) is 0 Å². The normalized spacial score (nSPS) is 15.0. The van der Waals surface area contributed by atoms with Crippen molar-refractivity contribution in [3.05, 3.63) is 51.7 Å². The SMILES string of the molecule is Cc1ccccc1C(C)N(C)c1ncc([N+](=O)[O-])c(NC2CC2)n1. The summed E-state index contributed by atoms with van der Waals surface area (Å²) in [6, 6.07) is 8.49. The molecule has 7 nitrogen and oxygen atoms in total. The maximum atomic E-state index is 11.2. The van der Waals surface area contributed by atoms with Crippen LogP contribution in [0.1, 0.15) is 36.9 Å². The van der Waals surface area contributed by atoms with E-state index in [1.165, 1.54) is 17.3 Å². The van der Waals surface area contributed by atoms with E-state index in [1.807, 2.05) is 24.1 Å². The molecular formula is C17H21N5O2. The first kappa shape index (κ1) is 16.2. The maximum absolute atomic E-state index is 11.2. The molecule has 0 amide bonds. The monoisotopic (exact) mass is 327 g/mol. The largest absolute Gasteiger partial charge is 0.361 e. The van der Waals surface area contributed by atoms with Gasteiger partial charge in [0.05, 0.1) is 11.0 Å². The standard InChI is InChI=1S/C17H21N5O2/c1-11-6-4-5-7-14(11)12(2)21(3)17-18-10-15(22(23)24)16(20-17)19-13-8-9-13/h4-7,10,12-13H,8-9H2,1-3H3,(H,18,19,20). The van der Waals surface area contributed by atoms with Crippen molar-refractivity contribution in [2.24, 2.45) is 0 Å². The van der Waals surface area contributed by atoms with Gasteiger partial charge in [0.2, 0.25) is 11.8 Å². The molecule has 0 bridgehead atoms. The Kier molecular flexibility index (Phi) is 4.33. The molecule has 1 saturated carbocycles. The molecule has 1 fully saturated rings. The number of nitrogens with zero attached hydrogens (tertiary/aromatic N) is 4. The van der Waals surface area contributed by atoms with Crippen molar-refractivity contribution >= 4 is 17.5 Å². The number of anilines is 2. The molecule has 1 heterocycles. The van der Waals surface area contributed by atoms with Crippen LogP contribution in [0.25, 0.3) is 0 Å². The predicted octanol–water partition coefficient (Wildman–Crippen LogP) is 3.46. The minimum atomic E-state index is -0.445. The lowest BCUT2D eigenvalue weighted by Crippen LogP contribution is -2.25. The van der Waals surface area contributed by atoms with E-state index in [4.69, 9.17) is 0 Å². The molecule has 1 aromatic carbocycles. The Bertz CT molecular complexity index is 760. The Morgan fingerprint density at radius 2 is 2.08 bits per heavy atom. The van der Waals surface area contributed by atoms with Crippen LogP contribution in [-0.4, -0.2) is 28.0 Å². The average Bonchev–Trinajstić information content (AvgIpc) is 3.37. The van der Waals surface area contributed by atoms with E-state index in [2.05, 4.69) is 41.3 Å².